The van der Waals surface area contributed by atoms with E-state index in [0.29, 0.717) is 21.5 Å². The summed E-state index contributed by atoms with van der Waals surface area (Å²) in [5.41, 5.74) is 0.376. The van der Waals surface area contributed by atoms with Gasteiger partial charge in [0.05, 0.1) is 6.07 Å². The van der Waals surface area contributed by atoms with Crippen LogP contribution in [0.15, 0.2) is 41.2 Å². The smallest absolute Gasteiger partial charge is 0.238 e. The highest BCUT2D eigenvalue weighted by atomic mass is 35.5. The van der Waals surface area contributed by atoms with Gasteiger partial charge in [0.15, 0.2) is 5.43 Å². The second-order valence-corrected chi connectivity index (χ2v) is 6.19. The first-order chi connectivity index (χ1) is 10.6. The highest BCUT2D eigenvalue weighted by Gasteiger charge is 2.08. The van der Waals surface area contributed by atoms with Gasteiger partial charge in [-0.3, -0.25) is 9.59 Å². The number of hydrogen-bond donors (Lipinski definition) is 1. The minimum absolute atomic E-state index is 0.123. The average Bonchev–Trinajstić information content (AvgIpc) is 2.49. The number of nitrogens with zero attached hydrogens (tertiary/aromatic N) is 1. The predicted molar refractivity (Wildman–Crippen MR) is 89.5 cm³/mol. The Hall–Kier alpha value is -2.42. The van der Waals surface area contributed by atoms with E-state index >= 15 is 0 Å². The SMILES string of the molecule is N#CCC(=O)Nc1ccc2sc3ccc(Cl)cc3c(=O)c2c1. The van der Waals surface area contributed by atoms with Crippen LogP contribution in [-0.4, -0.2) is 5.91 Å². The molecule has 1 heterocycles. The van der Waals surface area contributed by atoms with E-state index in [1.54, 1.807) is 36.4 Å². The summed E-state index contributed by atoms with van der Waals surface area (Å²) in [5.74, 6) is -0.401. The number of amides is 1. The molecule has 108 valence electrons. The summed E-state index contributed by atoms with van der Waals surface area (Å²) >= 11 is 7.44. The van der Waals surface area contributed by atoms with Gasteiger partial charge in [0, 0.05) is 30.9 Å². The molecule has 4 nitrogen and oxygen atoms in total. The zero-order chi connectivity index (χ0) is 15.7. The topological polar surface area (TPSA) is 70.0 Å². The maximum absolute atomic E-state index is 12.6. The lowest BCUT2D eigenvalue weighted by atomic mass is 10.1. The van der Waals surface area contributed by atoms with Gasteiger partial charge < -0.3 is 5.32 Å². The Balaban J connectivity index is 2.17. The first-order valence-corrected chi connectivity index (χ1v) is 7.61. The van der Waals surface area contributed by atoms with E-state index in [0.717, 1.165) is 9.40 Å². The molecule has 0 bridgehead atoms. The molecule has 0 saturated carbocycles. The number of benzene rings is 2. The molecular weight excluding hydrogens is 320 g/mol. The molecule has 1 amide bonds. The molecule has 0 aliphatic rings. The third kappa shape index (κ3) is 2.67. The predicted octanol–water partition coefficient (Wildman–Crippen LogP) is 3.92. The molecule has 3 aromatic rings. The van der Waals surface area contributed by atoms with Crippen molar-refractivity contribution in [2.75, 3.05) is 5.32 Å². The Morgan fingerprint density at radius 1 is 1.18 bits per heavy atom. The summed E-state index contributed by atoms with van der Waals surface area (Å²) in [7, 11) is 0. The van der Waals surface area contributed by atoms with Gasteiger partial charge in [0.25, 0.3) is 0 Å². The van der Waals surface area contributed by atoms with Crippen molar-refractivity contribution in [3.8, 4) is 6.07 Å². The number of anilines is 1. The van der Waals surface area contributed by atoms with Crippen molar-refractivity contribution in [3.63, 3.8) is 0 Å². The summed E-state index contributed by atoms with van der Waals surface area (Å²) in [5, 5.41) is 12.7. The monoisotopic (exact) mass is 328 g/mol. The fraction of sp³-hybridized carbons (Fsp3) is 0.0625. The summed E-state index contributed by atoms with van der Waals surface area (Å²) in [4.78, 5) is 24.1. The van der Waals surface area contributed by atoms with E-state index in [1.807, 2.05) is 6.07 Å². The molecule has 2 aromatic carbocycles. The summed E-state index contributed by atoms with van der Waals surface area (Å²) < 4.78 is 1.70. The second kappa shape index (κ2) is 5.76. The normalized spacial score (nSPS) is 10.5. The number of nitriles is 1. The number of carbonyl (C=O) groups excluding carboxylic acids is 1. The molecule has 0 radical (unpaired) electrons. The molecule has 0 aliphatic carbocycles. The van der Waals surface area contributed by atoms with Crippen LogP contribution in [0.1, 0.15) is 6.42 Å². The van der Waals surface area contributed by atoms with Gasteiger partial charge in [-0.1, -0.05) is 11.6 Å². The molecular formula is C16H9ClN2O2S. The molecule has 1 aromatic heterocycles. The van der Waals surface area contributed by atoms with E-state index in [1.165, 1.54) is 11.3 Å². The largest absolute Gasteiger partial charge is 0.325 e. The van der Waals surface area contributed by atoms with E-state index < -0.39 is 5.91 Å². The number of fused-ring (bicyclic) bond motifs is 2. The van der Waals surface area contributed by atoms with Gasteiger partial charge >= 0.3 is 0 Å². The number of hydrogen-bond acceptors (Lipinski definition) is 4. The zero-order valence-corrected chi connectivity index (χ0v) is 12.8. The Morgan fingerprint density at radius 3 is 2.59 bits per heavy atom. The van der Waals surface area contributed by atoms with Crippen LogP contribution in [0.4, 0.5) is 5.69 Å². The molecule has 22 heavy (non-hydrogen) atoms. The molecule has 1 N–H and O–H groups in total. The maximum Gasteiger partial charge on any atom is 0.238 e. The van der Waals surface area contributed by atoms with Crippen molar-refractivity contribution in [2.45, 2.75) is 6.42 Å². The van der Waals surface area contributed by atoms with Gasteiger partial charge in [-0.25, -0.2) is 0 Å². The molecule has 0 unspecified atom stereocenters. The fourth-order valence-corrected chi connectivity index (χ4v) is 3.39. The Kier molecular flexibility index (Phi) is 3.80. The molecule has 0 aliphatic heterocycles. The van der Waals surface area contributed by atoms with Crippen molar-refractivity contribution in [1.29, 1.82) is 5.26 Å². The molecule has 0 spiro atoms. The highest BCUT2D eigenvalue weighted by Crippen LogP contribution is 2.28. The third-order valence-electron chi connectivity index (χ3n) is 3.15. The second-order valence-electron chi connectivity index (χ2n) is 4.67. The van der Waals surface area contributed by atoms with Crippen LogP contribution >= 0.6 is 22.9 Å². The molecule has 0 fully saturated rings. The van der Waals surface area contributed by atoms with Gasteiger partial charge in [-0.15, -0.1) is 11.3 Å². The quantitative estimate of drug-likeness (QED) is 0.725. The number of rotatable bonds is 2. The Labute approximate surface area is 134 Å². The number of halogens is 1. The molecule has 3 rings (SSSR count). The van der Waals surface area contributed by atoms with Crippen molar-refractivity contribution >= 4 is 54.7 Å². The van der Waals surface area contributed by atoms with Crippen LogP contribution in [0.3, 0.4) is 0 Å². The first kappa shape index (κ1) is 14.5. The number of carbonyl (C=O) groups is 1. The minimum atomic E-state index is -0.401. The standard InChI is InChI=1S/C16H9ClN2O2S/c17-9-1-3-13-11(7-9)16(21)12-8-10(2-4-14(12)22-13)19-15(20)5-6-18/h1-4,7-8H,5H2,(H,19,20). The lowest BCUT2D eigenvalue weighted by molar-refractivity contribution is -0.115. The number of nitrogens with one attached hydrogen (secondary N) is 1. The third-order valence-corrected chi connectivity index (χ3v) is 4.54. The summed E-state index contributed by atoms with van der Waals surface area (Å²) in [6.07, 6.45) is -0.224. The van der Waals surface area contributed by atoms with Gasteiger partial charge in [0.2, 0.25) is 5.91 Å². The van der Waals surface area contributed by atoms with Gasteiger partial charge in [0.1, 0.15) is 6.42 Å². The lowest BCUT2D eigenvalue weighted by Gasteiger charge is -2.05. The van der Waals surface area contributed by atoms with Gasteiger partial charge in [-0.05, 0) is 36.4 Å². The molecule has 0 atom stereocenters. The van der Waals surface area contributed by atoms with E-state index in [9.17, 15) is 9.59 Å². The fourth-order valence-electron chi connectivity index (χ4n) is 2.18. The van der Waals surface area contributed by atoms with E-state index in [-0.39, 0.29) is 11.8 Å². The van der Waals surface area contributed by atoms with Crippen molar-refractivity contribution in [1.82, 2.24) is 0 Å². The van der Waals surface area contributed by atoms with Crippen LogP contribution < -0.4 is 10.7 Å². The van der Waals surface area contributed by atoms with E-state index in [4.69, 9.17) is 16.9 Å². The molecule has 0 saturated heterocycles. The zero-order valence-electron chi connectivity index (χ0n) is 11.2. The van der Waals surface area contributed by atoms with Crippen LogP contribution in [0, 0.1) is 11.3 Å². The van der Waals surface area contributed by atoms with E-state index in [2.05, 4.69) is 5.32 Å². The summed E-state index contributed by atoms with van der Waals surface area (Å²) in [6.45, 7) is 0. The Bertz CT molecular complexity index is 1000. The van der Waals surface area contributed by atoms with Crippen LogP contribution in [-0.2, 0) is 4.79 Å². The minimum Gasteiger partial charge on any atom is -0.325 e. The van der Waals surface area contributed by atoms with Crippen molar-refractivity contribution in [2.24, 2.45) is 0 Å². The Morgan fingerprint density at radius 2 is 1.86 bits per heavy atom. The molecule has 6 heteroatoms. The van der Waals surface area contributed by atoms with Crippen molar-refractivity contribution in [3.05, 3.63) is 51.6 Å². The van der Waals surface area contributed by atoms with Crippen molar-refractivity contribution < 1.29 is 4.79 Å². The van der Waals surface area contributed by atoms with Crippen LogP contribution in [0.25, 0.3) is 20.2 Å². The van der Waals surface area contributed by atoms with Crippen LogP contribution in [0.2, 0.25) is 5.02 Å². The first-order valence-electron chi connectivity index (χ1n) is 6.41. The van der Waals surface area contributed by atoms with Gasteiger partial charge in [-0.2, -0.15) is 5.26 Å². The van der Waals surface area contributed by atoms with Crippen LogP contribution in [0.5, 0.6) is 0 Å². The summed E-state index contributed by atoms with van der Waals surface area (Å²) in [6, 6.07) is 12.1. The highest BCUT2D eigenvalue weighted by molar-refractivity contribution is 7.24. The maximum atomic E-state index is 12.6. The lowest BCUT2D eigenvalue weighted by Crippen LogP contribution is -2.10. The average molecular weight is 329 g/mol.